The first-order valence-electron chi connectivity index (χ1n) is 4.57. The number of anilines is 1. The van der Waals surface area contributed by atoms with Crippen molar-refractivity contribution in [3.63, 3.8) is 0 Å². The van der Waals surface area contributed by atoms with Crippen molar-refractivity contribution in [1.82, 2.24) is 4.57 Å². The summed E-state index contributed by atoms with van der Waals surface area (Å²) < 4.78 is 7.21. The SMILES string of the molecule is COCn1c(C)cc2cccc(N)c21. The molecule has 74 valence electrons. The topological polar surface area (TPSA) is 40.2 Å². The first-order valence-corrected chi connectivity index (χ1v) is 4.57. The minimum absolute atomic E-state index is 0.545. The Labute approximate surface area is 83.1 Å². The molecular formula is C11H14N2O. The van der Waals surface area contributed by atoms with E-state index in [1.165, 1.54) is 11.1 Å². The predicted octanol–water partition coefficient (Wildman–Crippen LogP) is 2.14. The maximum atomic E-state index is 5.92. The summed E-state index contributed by atoms with van der Waals surface area (Å²) in [5, 5.41) is 1.17. The molecule has 2 N–H and O–H groups in total. The van der Waals surface area contributed by atoms with Crippen LogP contribution < -0.4 is 5.73 Å². The van der Waals surface area contributed by atoms with Gasteiger partial charge in [-0.15, -0.1) is 0 Å². The molecule has 1 aromatic carbocycles. The quantitative estimate of drug-likeness (QED) is 0.737. The van der Waals surface area contributed by atoms with Gasteiger partial charge in [0.1, 0.15) is 6.73 Å². The molecule has 0 saturated heterocycles. The summed E-state index contributed by atoms with van der Waals surface area (Å²) in [6.07, 6.45) is 0. The fourth-order valence-corrected chi connectivity index (χ4v) is 1.78. The van der Waals surface area contributed by atoms with Crippen LogP contribution in [0, 0.1) is 6.92 Å². The van der Waals surface area contributed by atoms with Crippen LogP contribution >= 0.6 is 0 Å². The normalized spacial score (nSPS) is 11.0. The van der Waals surface area contributed by atoms with Gasteiger partial charge in [-0.1, -0.05) is 12.1 Å². The van der Waals surface area contributed by atoms with Gasteiger partial charge in [0, 0.05) is 18.2 Å². The number of rotatable bonds is 2. The minimum Gasteiger partial charge on any atom is -0.397 e. The third-order valence-electron chi connectivity index (χ3n) is 2.42. The second-order valence-corrected chi connectivity index (χ2v) is 3.42. The number of nitrogens with two attached hydrogens (primary N) is 1. The maximum absolute atomic E-state index is 5.92. The van der Waals surface area contributed by atoms with Crippen molar-refractivity contribution < 1.29 is 4.74 Å². The fourth-order valence-electron chi connectivity index (χ4n) is 1.78. The lowest BCUT2D eigenvalue weighted by atomic mass is 10.2. The lowest BCUT2D eigenvalue weighted by molar-refractivity contribution is 0.133. The molecule has 0 spiro atoms. The molecule has 2 rings (SSSR count). The highest BCUT2D eigenvalue weighted by Crippen LogP contribution is 2.24. The summed E-state index contributed by atoms with van der Waals surface area (Å²) in [6.45, 7) is 2.60. The van der Waals surface area contributed by atoms with E-state index in [2.05, 4.69) is 23.6 Å². The summed E-state index contributed by atoms with van der Waals surface area (Å²) in [5.41, 5.74) is 8.95. The lowest BCUT2D eigenvalue weighted by Crippen LogP contribution is -2.03. The van der Waals surface area contributed by atoms with E-state index in [1.54, 1.807) is 7.11 Å². The van der Waals surface area contributed by atoms with Crippen molar-refractivity contribution >= 4 is 16.6 Å². The van der Waals surface area contributed by atoms with Crippen LogP contribution in [0.2, 0.25) is 0 Å². The molecular weight excluding hydrogens is 176 g/mol. The van der Waals surface area contributed by atoms with Crippen LogP contribution in [0.15, 0.2) is 24.3 Å². The van der Waals surface area contributed by atoms with Gasteiger partial charge in [0.25, 0.3) is 0 Å². The van der Waals surface area contributed by atoms with Gasteiger partial charge in [-0.25, -0.2) is 0 Å². The maximum Gasteiger partial charge on any atom is 0.122 e. The molecule has 0 aliphatic heterocycles. The second-order valence-electron chi connectivity index (χ2n) is 3.42. The van der Waals surface area contributed by atoms with E-state index >= 15 is 0 Å². The molecule has 2 aromatic rings. The van der Waals surface area contributed by atoms with Gasteiger partial charge in [-0.05, 0) is 19.1 Å². The molecule has 0 amide bonds. The number of fused-ring (bicyclic) bond motifs is 1. The zero-order valence-electron chi connectivity index (χ0n) is 8.45. The fraction of sp³-hybridized carbons (Fsp3) is 0.273. The van der Waals surface area contributed by atoms with E-state index < -0.39 is 0 Å². The number of aryl methyl sites for hydroxylation is 1. The molecule has 1 aromatic heterocycles. The first kappa shape index (κ1) is 9.09. The first-order chi connectivity index (χ1) is 6.74. The number of nitrogens with zero attached hydrogens (tertiary/aromatic N) is 1. The van der Waals surface area contributed by atoms with Crippen LogP contribution in [0.25, 0.3) is 10.9 Å². The van der Waals surface area contributed by atoms with Gasteiger partial charge in [0.05, 0.1) is 11.2 Å². The van der Waals surface area contributed by atoms with Gasteiger partial charge in [0.2, 0.25) is 0 Å². The Hall–Kier alpha value is -1.48. The van der Waals surface area contributed by atoms with Gasteiger partial charge in [-0.3, -0.25) is 0 Å². The van der Waals surface area contributed by atoms with Crippen LogP contribution in [0.5, 0.6) is 0 Å². The Morgan fingerprint density at radius 1 is 1.43 bits per heavy atom. The largest absolute Gasteiger partial charge is 0.397 e. The highest BCUT2D eigenvalue weighted by molar-refractivity contribution is 5.91. The minimum atomic E-state index is 0.545. The molecule has 0 fully saturated rings. The number of methoxy groups -OCH3 is 1. The molecule has 0 aliphatic rings. The van der Waals surface area contributed by atoms with Gasteiger partial charge < -0.3 is 15.0 Å². The lowest BCUT2D eigenvalue weighted by Gasteiger charge is -2.07. The number of hydrogen-bond acceptors (Lipinski definition) is 2. The van der Waals surface area contributed by atoms with E-state index in [1.807, 2.05) is 12.1 Å². The summed E-state index contributed by atoms with van der Waals surface area (Å²) in [7, 11) is 1.68. The Balaban J connectivity index is 2.73. The number of hydrogen-bond donors (Lipinski definition) is 1. The van der Waals surface area contributed by atoms with E-state index in [-0.39, 0.29) is 0 Å². The van der Waals surface area contributed by atoms with Crippen molar-refractivity contribution in [1.29, 1.82) is 0 Å². The second kappa shape index (κ2) is 3.35. The van der Waals surface area contributed by atoms with E-state index in [0.29, 0.717) is 6.73 Å². The average Bonchev–Trinajstić information content (AvgIpc) is 2.45. The molecule has 0 radical (unpaired) electrons. The third kappa shape index (κ3) is 1.26. The van der Waals surface area contributed by atoms with Gasteiger partial charge in [0.15, 0.2) is 0 Å². The Morgan fingerprint density at radius 3 is 2.93 bits per heavy atom. The Morgan fingerprint density at radius 2 is 2.21 bits per heavy atom. The van der Waals surface area contributed by atoms with Crippen molar-refractivity contribution in [3.8, 4) is 0 Å². The molecule has 0 bridgehead atoms. The van der Waals surface area contributed by atoms with E-state index in [9.17, 15) is 0 Å². The average molecular weight is 190 g/mol. The molecule has 0 atom stereocenters. The molecule has 3 heteroatoms. The monoisotopic (exact) mass is 190 g/mol. The van der Waals surface area contributed by atoms with Crippen LogP contribution in [0.1, 0.15) is 5.69 Å². The number of nitrogen functional groups attached to an aromatic ring is 1. The van der Waals surface area contributed by atoms with Crippen LogP contribution in [-0.4, -0.2) is 11.7 Å². The summed E-state index contributed by atoms with van der Waals surface area (Å²) in [5.74, 6) is 0. The molecule has 0 aliphatic carbocycles. The summed E-state index contributed by atoms with van der Waals surface area (Å²) >= 11 is 0. The predicted molar refractivity (Wildman–Crippen MR) is 58.1 cm³/mol. The Kier molecular flexibility index (Phi) is 2.17. The smallest absolute Gasteiger partial charge is 0.122 e. The van der Waals surface area contributed by atoms with Crippen LogP contribution in [-0.2, 0) is 11.5 Å². The molecule has 1 heterocycles. The van der Waals surface area contributed by atoms with E-state index in [0.717, 1.165) is 11.2 Å². The number of aromatic nitrogens is 1. The standard InChI is InChI=1S/C11H14N2O/c1-8-6-9-4-3-5-10(12)11(9)13(8)7-14-2/h3-6H,7,12H2,1-2H3. The molecule has 14 heavy (non-hydrogen) atoms. The van der Waals surface area contributed by atoms with Crippen LogP contribution in [0.3, 0.4) is 0 Å². The Bertz CT molecular complexity index is 460. The zero-order chi connectivity index (χ0) is 10.1. The summed E-state index contributed by atoms with van der Waals surface area (Å²) in [6, 6.07) is 8.05. The van der Waals surface area contributed by atoms with Crippen molar-refractivity contribution in [2.24, 2.45) is 0 Å². The number of ether oxygens (including phenoxy) is 1. The molecule has 3 nitrogen and oxygen atoms in total. The number of para-hydroxylation sites is 1. The number of benzene rings is 1. The molecule has 0 saturated carbocycles. The summed E-state index contributed by atoms with van der Waals surface area (Å²) in [4.78, 5) is 0. The highest BCUT2D eigenvalue weighted by Gasteiger charge is 2.06. The molecule has 0 unspecified atom stereocenters. The third-order valence-corrected chi connectivity index (χ3v) is 2.42. The van der Waals surface area contributed by atoms with E-state index in [4.69, 9.17) is 10.5 Å². The van der Waals surface area contributed by atoms with Gasteiger partial charge >= 0.3 is 0 Å². The zero-order valence-corrected chi connectivity index (χ0v) is 8.45. The van der Waals surface area contributed by atoms with Crippen molar-refractivity contribution in [3.05, 3.63) is 30.0 Å². The van der Waals surface area contributed by atoms with Crippen LogP contribution in [0.4, 0.5) is 5.69 Å². The van der Waals surface area contributed by atoms with Crippen molar-refractivity contribution in [2.75, 3.05) is 12.8 Å². The van der Waals surface area contributed by atoms with Crippen molar-refractivity contribution in [2.45, 2.75) is 13.7 Å². The highest BCUT2D eigenvalue weighted by atomic mass is 16.5. The van der Waals surface area contributed by atoms with Gasteiger partial charge in [-0.2, -0.15) is 0 Å².